The third kappa shape index (κ3) is 2.79. The first-order chi connectivity index (χ1) is 6.11. The molecule has 2 atom stereocenters. The molecular weight excluding hydrogens is 170 g/mol. The molecule has 0 radical (unpaired) electrons. The Labute approximate surface area is 77.5 Å². The topological polar surface area (TPSA) is 60.2 Å². The van der Waals surface area contributed by atoms with Gasteiger partial charge in [-0.2, -0.15) is 0 Å². The van der Waals surface area contributed by atoms with Crippen molar-refractivity contribution in [3.05, 3.63) is 10.1 Å². The molecule has 0 aromatic heterocycles. The number of carbonyl (C=O) groups excluding carboxylic acids is 1. The Balaban J connectivity index is 2.42. The summed E-state index contributed by atoms with van der Waals surface area (Å²) in [5.74, 6) is 0.175. The number of ketones is 1. The molecule has 0 amide bonds. The van der Waals surface area contributed by atoms with Crippen LogP contribution in [-0.4, -0.2) is 16.7 Å². The fourth-order valence-electron chi connectivity index (χ4n) is 1.80. The highest BCUT2D eigenvalue weighted by Crippen LogP contribution is 2.24. The first-order valence-electron chi connectivity index (χ1n) is 4.77. The first-order valence-corrected chi connectivity index (χ1v) is 4.77. The molecule has 0 spiro atoms. The smallest absolute Gasteiger partial charge is 0.211 e. The van der Waals surface area contributed by atoms with E-state index < -0.39 is 6.04 Å². The molecule has 4 nitrogen and oxygen atoms in total. The van der Waals surface area contributed by atoms with Gasteiger partial charge in [0.05, 0.1) is 0 Å². The highest BCUT2D eigenvalue weighted by atomic mass is 16.6. The van der Waals surface area contributed by atoms with Crippen molar-refractivity contribution in [2.24, 2.45) is 5.92 Å². The molecule has 13 heavy (non-hydrogen) atoms. The summed E-state index contributed by atoms with van der Waals surface area (Å²) in [6.45, 7) is 1.57. The second-order valence-corrected chi connectivity index (χ2v) is 3.78. The van der Waals surface area contributed by atoms with Gasteiger partial charge in [-0.3, -0.25) is 14.9 Å². The van der Waals surface area contributed by atoms with Gasteiger partial charge in [-0.25, -0.2) is 0 Å². The zero-order valence-corrected chi connectivity index (χ0v) is 7.86. The van der Waals surface area contributed by atoms with Gasteiger partial charge in [-0.1, -0.05) is 6.42 Å². The van der Waals surface area contributed by atoms with Crippen LogP contribution in [0.2, 0.25) is 0 Å². The third-order valence-corrected chi connectivity index (χ3v) is 2.67. The molecule has 1 aliphatic carbocycles. The summed E-state index contributed by atoms with van der Waals surface area (Å²) in [5.41, 5.74) is 0. The number of Topliss-reactive ketones (excluding diaryl/α,β-unsaturated/α-hetero) is 1. The normalized spacial score (nSPS) is 25.6. The summed E-state index contributed by atoms with van der Waals surface area (Å²) in [7, 11) is 0. The van der Waals surface area contributed by atoms with Crippen LogP contribution in [0.3, 0.4) is 0 Å². The fourth-order valence-corrected chi connectivity index (χ4v) is 1.80. The van der Waals surface area contributed by atoms with Crippen LogP contribution in [0.15, 0.2) is 0 Å². The summed E-state index contributed by atoms with van der Waals surface area (Å²) in [4.78, 5) is 21.4. The average molecular weight is 185 g/mol. The van der Waals surface area contributed by atoms with Crippen molar-refractivity contribution in [2.45, 2.75) is 45.1 Å². The lowest BCUT2D eigenvalue weighted by Crippen LogP contribution is -2.26. The molecule has 0 aromatic rings. The molecule has 0 aliphatic heterocycles. The Morgan fingerprint density at radius 3 is 2.85 bits per heavy atom. The predicted molar refractivity (Wildman–Crippen MR) is 48.0 cm³/mol. The Bertz CT molecular complexity index is 215. The second-order valence-electron chi connectivity index (χ2n) is 3.78. The molecule has 0 bridgehead atoms. The van der Waals surface area contributed by atoms with Crippen LogP contribution >= 0.6 is 0 Å². The van der Waals surface area contributed by atoms with Gasteiger partial charge in [0.25, 0.3) is 0 Å². The van der Waals surface area contributed by atoms with E-state index in [2.05, 4.69) is 0 Å². The van der Waals surface area contributed by atoms with Gasteiger partial charge in [0.1, 0.15) is 5.78 Å². The summed E-state index contributed by atoms with van der Waals surface area (Å²) >= 11 is 0. The van der Waals surface area contributed by atoms with Crippen molar-refractivity contribution < 1.29 is 9.72 Å². The van der Waals surface area contributed by atoms with Crippen molar-refractivity contribution >= 4 is 5.78 Å². The minimum atomic E-state index is -0.577. The Hall–Kier alpha value is -0.930. The van der Waals surface area contributed by atoms with E-state index in [1.165, 1.54) is 0 Å². The minimum absolute atomic E-state index is 0.0471. The van der Waals surface area contributed by atoms with Crippen molar-refractivity contribution in [2.75, 3.05) is 0 Å². The van der Waals surface area contributed by atoms with Gasteiger partial charge < -0.3 is 0 Å². The molecule has 0 N–H and O–H groups in total. The van der Waals surface area contributed by atoms with Crippen molar-refractivity contribution in [3.63, 3.8) is 0 Å². The Morgan fingerprint density at radius 1 is 1.62 bits per heavy atom. The van der Waals surface area contributed by atoms with E-state index >= 15 is 0 Å². The van der Waals surface area contributed by atoms with Crippen LogP contribution < -0.4 is 0 Å². The first kappa shape index (κ1) is 10.2. The number of rotatable bonds is 3. The van der Waals surface area contributed by atoms with Crippen molar-refractivity contribution in [1.29, 1.82) is 0 Å². The predicted octanol–water partition coefficient (Wildman–Crippen LogP) is 1.80. The molecule has 0 saturated heterocycles. The number of carbonyl (C=O) groups is 1. The molecule has 0 unspecified atom stereocenters. The van der Waals surface area contributed by atoms with Gasteiger partial charge in [-0.05, 0) is 12.8 Å². The minimum Gasteiger partial charge on any atom is -0.299 e. The highest BCUT2D eigenvalue weighted by molar-refractivity contribution is 5.81. The van der Waals surface area contributed by atoms with Crippen LogP contribution in [0, 0.1) is 16.0 Å². The molecule has 1 aliphatic rings. The van der Waals surface area contributed by atoms with E-state index in [1.54, 1.807) is 6.92 Å². The quantitative estimate of drug-likeness (QED) is 0.497. The number of nitrogens with zero attached hydrogens (tertiary/aromatic N) is 1. The lowest BCUT2D eigenvalue weighted by Gasteiger charge is -2.20. The molecule has 1 fully saturated rings. The van der Waals surface area contributed by atoms with Crippen LogP contribution in [0.5, 0.6) is 0 Å². The molecule has 1 saturated carbocycles. The molecular formula is C9H15NO3. The van der Waals surface area contributed by atoms with Crippen LogP contribution in [0.4, 0.5) is 0 Å². The average Bonchev–Trinajstić information content (AvgIpc) is 2.08. The van der Waals surface area contributed by atoms with E-state index in [0.29, 0.717) is 12.8 Å². The van der Waals surface area contributed by atoms with Crippen LogP contribution in [0.1, 0.15) is 39.0 Å². The van der Waals surface area contributed by atoms with Crippen LogP contribution in [0.25, 0.3) is 0 Å². The highest BCUT2D eigenvalue weighted by Gasteiger charge is 2.27. The van der Waals surface area contributed by atoms with Gasteiger partial charge in [0, 0.05) is 30.6 Å². The van der Waals surface area contributed by atoms with Gasteiger partial charge in [0.15, 0.2) is 0 Å². The van der Waals surface area contributed by atoms with E-state index in [4.69, 9.17) is 0 Å². The Kier molecular flexibility index (Phi) is 3.39. The monoisotopic (exact) mass is 185 g/mol. The largest absolute Gasteiger partial charge is 0.299 e. The SMILES string of the molecule is C[C@@H](C[C@H]1CCCCC1=O)[N+](=O)[O-]. The maximum Gasteiger partial charge on any atom is 0.211 e. The van der Waals surface area contributed by atoms with E-state index in [0.717, 1.165) is 19.3 Å². The summed E-state index contributed by atoms with van der Waals surface area (Å²) < 4.78 is 0. The van der Waals surface area contributed by atoms with E-state index in [9.17, 15) is 14.9 Å². The van der Waals surface area contributed by atoms with Crippen molar-refractivity contribution in [3.8, 4) is 0 Å². The lowest BCUT2D eigenvalue weighted by molar-refractivity contribution is -0.519. The Morgan fingerprint density at radius 2 is 2.31 bits per heavy atom. The maximum atomic E-state index is 11.3. The van der Waals surface area contributed by atoms with Gasteiger partial charge >= 0.3 is 0 Å². The number of nitro groups is 1. The van der Waals surface area contributed by atoms with Gasteiger partial charge in [-0.15, -0.1) is 0 Å². The molecule has 1 rings (SSSR count). The fraction of sp³-hybridized carbons (Fsp3) is 0.889. The molecule has 0 aromatic carbocycles. The summed E-state index contributed by atoms with van der Waals surface area (Å²) in [5, 5.41) is 10.4. The molecule has 4 heteroatoms. The standard InChI is InChI=1S/C9H15NO3/c1-7(10(12)13)6-8-4-2-3-5-9(8)11/h7-8H,2-6H2,1H3/t7-,8+/m0/s1. The lowest BCUT2D eigenvalue weighted by atomic mass is 9.84. The molecule has 74 valence electrons. The van der Waals surface area contributed by atoms with Gasteiger partial charge in [0.2, 0.25) is 6.04 Å². The van der Waals surface area contributed by atoms with Crippen molar-refractivity contribution in [1.82, 2.24) is 0 Å². The number of hydrogen-bond acceptors (Lipinski definition) is 3. The summed E-state index contributed by atoms with van der Waals surface area (Å²) in [6.07, 6.45) is 3.89. The zero-order chi connectivity index (χ0) is 9.84. The zero-order valence-electron chi connectivity index (χ0n) is 7.86. The third-order valence-electron chi connectivity index (χ3n) is 2.67. The number of hydrogen-bond donors (Lipinski definition) is 0. The van der Waals surface area contributed by atoms with E-state index in [1.807, 2.05) is 0 Å². The molecule has 0 heterocycles. The van der Waals surface area contributed by atoms with Crippen LogP contribution in [-0.2, 0) is 4.79 Å². The summed E-state index contributed by atoms with van der Waals surface area (Å²) in [6, 6.07) is -0.577. The second kappa shape index (κ2) is 4.35. The van der Waals surface area contributed by atoms with E-state index in [-0.39, 0.29) is 16.6 Å². The maximum absolute atomic E-state index is 11.3.